The van der Waals surface area contributed by atoms with Gasteiger partial charge in [-0.25, -0.2) is 0 Å². The average molecular weight is 264 g/mol. The van der Waals surface area contributed by atoms with E-state index in [-0.39, 0.29) is 0 Å². The summed E-state index contributed by atoms with van der Waals surface area (Å²) < 4.78 is 0. The van der Waals surface area contributed by atoms with Crippen LogP contribution in [0.25, 0.3) is 0 Å². The van der Waals surface area contributed by atoms with Gasteiger partial charge in [-0.05, 0) is 6.42 Å². The number of hydrogen-bond acceptors (Lipinski definition) is 0. The Hall–Kier alpha value is 1.34. The molecule has 3 N–H and O–H groups in total. The number of halogens is 2. The van der Waals surface area contributed by atoms with Crippen molar-refractivity contribution in [3.8, 4) is 0 Å². The Morgan fingerprint density at radius 2 is 1.88 bits per heavy atom. The van der Waals surface area contributed by atoms with E-state index in [0.717, 1.165) is 6.54 Å². The molecule has 0 aromatic heterocycles. The molecule has 0 unspecified atom stereocenters. The maximum atomic E-state index is 4.93. The van der Waals surface area contributed by atoms with E-state index in [9.17, 15) is 0 Å². The van der Waals surface area contributed by atoms with E-state index in [1.54, 1.807) is 0 Å². The van der Waals surface area contributed by atoms with Gasteiger partial charge in [0.25, 0.3) is 0 Å². The van der Waals surface area contributed by atoms with E-state index in [4.69, 9.17) is 17.8 Å². The van der Waals surface area contributed by atoms with Crippen molar-refractivity contribution in [2.75, 3.05) is 6.54 Å². The van der Waals surface area contributed by atoms with Gasteiger partial charge in [-0.15, -0.1) is 0 Å². The Labute approximate surface area is 68.6 Å². The summed E-state index contributed by atoms with van der Waals surface area (Å²) in [5.74, 6) is 0. The van der Waals surface area contributed by atoms with Crippen LogP contribution in [0.3, 0.4) is 0 Å². The predicted molar refractivity (Wildman–Crippen MR) is 40.1 cm³/mol. The Bertz CT molecular complexity index is 28.0. The monoisotopic (exact) mass is 264 g/mol. The molecule has 0 rings (SSSR count). The molecule has 4 heteroatoms. The molecule has 0 aliphatic carbocycles. The molecule has 0 aliphatic heterocycles. The summed E-state index contributed by atoms with van der Waals surface area (Å²) in [4.78, 5) is 0. The topological polar surface area (TPSA) is 27.6 Å². The van der Waals surface area contributed by atoms with E-state index in [1.807, 2.05) is 0 Å². The number of quaternary nitrogens is 1. The molecule has 2 radical (unpaired) electrons. The number of rotatable bonds is 2. The molecule has 0 aliphatic rings. The quantitative estimate of drug-likeness (QED) is 0.721. The summed E-state index contributed by atoms with van der Waals surface area (Å²) in [6.45, 7) is 3.27. The van der Waals surface area contributed by atoms with Gasteiger partial charge in [-0.1, -0.05) is 13.3 Å². The van der Waals surface area contributed by atoms with Crippen molar-refractivity contribution >= 4 is 36.7 Å². The van der Waals surface area contributed by atoms with E-state index in [2.05, 4.69) is 12.7 Å². The van der Waals surface area contributed by atoms with Crippen LogP contribution in [0.15, 0.2) is 0 Å². The summed E-state index contributed by atoms with van der Waals surface area (Å²) in [6, 6.07) is 0. The number of hydrogen-bond donors (Lipinski definition) is 1. The first-order chi connectivity index (χ1) is 3.83. The van der Waals surface area contributed by atoms with Crippen molar-refractivity contribution in [3.05, 3.63) is 0 Å². The Kier molecular flexibility index (Phi) is 23.7. The summed E-state index contributed by atoms with van der Waals surface area (Å²) in [5.41, 5.74) is 3.68. The fourth-order valence-corrected chi connectivity index (χ4v) is 0.250. The molecular weight excluding hydrogens is 252 g/mol. The predicted octanol–water partition coefficient (Wildman–Crippen LogP) is 1.03. The zero-order valence-corrected chi connectivity index (χ0v) is 9.45. The SMILES string of the molecule is CCCC[NH3+].[Cl][Sn][Cl]. The third kappa shape index (κ3) is 26.5. The molecule has 0 bridgehead atoms. The summed E-state index contributed by atoms with van der Waals surface area (Å²) >= 11 is -0.826. The van der Waals surface area contributed by atoms with Crippen LogP contribution >= 0.6 is 17.8 Å². The van der Waals surface area contributed by atoms with Crippen LogP contribution < -0.4 is 5.73 Å². The van der Waals surface area contributed by atoms with Crippen molar-refractivity contribution in [1.82, 2.24) is 0 Å². The van der Waals surface area contributed by atoms with Crippen LogP contribution in [0.1, 0.15) is 19.8 Å². The first-order valence-electron chi connectivity index (χ1n) is 2.59. The molecule has 0 atom stereocenters. The summed E-state index contributed by atoms with van der Waals surface area (Å²) in [6.07, 6.45) is 2.56. The second-order valence-electron chi connectivity index (χ2n) is 1.28. The maximum absolute atomic E-state index is 4.93. The van der Waals surface area contributed by atoms with Gasteiger partial charge in [-0.2, -0.15) is 0 Å². The molecule has 0 saturated carbocycles. The van der Waals surface area contributed by atoms with E-state index < -0.39 is 18.9 Å². The summed E-state index contributed by atoms with van der Waals surface area (Å²) in [7, 11) is 9.87. The zero-order chi connectivity index (χ0) is 6.83. The van der Waals surface area contributed by atoms with Gasteiger partial charge in [0.1, 0.15) is 0 Å². The molecule has 1 nitrogen and oxygen atoms in total. The van der Waals surface area contributed by atoms with Gasteiger partial charge in [0.05, 0.1) is 6.54 Å². The fourth-order valence-electron chi connectivity index (χ4n) is 0.250. The van der Waals surface area contributed by atoms with Gasteiger partial charge < -0.3 is 5.73 Å². The van der Waals surface area contributed by atoms with Crippen molar-refractivity contribution in [3.63, 3.8) is 0 Å². The normalized spacial score (nSPS) is 7.50. The fraction of sp³-hybridized carbons (Fsp3) is 1.00. The van der Waals surface area contributed by atoms with Crippen LogP contribution in [0, 0.1) is 0 Å². The Morgan fingerprint density at radius 1 is 1.50 bits per heavy atom. The minimum absolute atomic E-state index is 0.826. The van der Waals surface area contributed by atoms with Crippen LogP contribution in [0.5, 0.6) is 0 Å². The molecule has 0 heterocycles. The van der Waals surface area contributed by atoms with Crippen LogP contribution in [0.4, 0.5) is 0 Å². The minimum atomic E-state index is -0.826. The average Bonchev–Trinajstić information content (AvgIpc) is 1.71. The van der Waals surface area contributed by atoms with Crippen molar-refractivity contribution in [1.29, 1.82) is 0 Å². The first kappa shape index (κ1) is 12.1. The number of unbranched alkanes of at least 4 members (excludes halogenated alkanes) is 1. The van der Waals surface area contributed by atoms with Crippen LogP contribution in [-0.4, -0.2) is 25.4 Å². The Morgan fingerprint density at radius 3 is 1.88 bits per heavy atom. The van der Waals surface area contributed by atoms with Gasteiger partial charge in [0.2, 0.25) is 0 Å². The zero-order valence-electron chi connectivity index (χ0n) is 5.08. The van der Waals surface area contributed by atoms with Gasteiger partial charge in [-0.3, -0.25) is 0 Å². The van der Waals surface area contributed by atoms with Crippen molar-refractivity contribution < 1.29 is 5.73 Å². The molecule has 8 heavy (non-hydrogen) atoms. The second kappa shape index (κ2) is 15.8. The molecular formula is C4H12Cl2NSn+. The van der Waals surface area contributed by atoms with E-state index in [1.165, 1.54) is 12.8 Å². The Balaban J connectivity index is 0. The van der Waals surface area contributed by atoms with Crippen molar-refractivity contribution in [2.45, 2.75) is 19.8 Å². The molecule has 0 spiro atoms. The molecule has 0 amide bonds. The molecule has 0 saturated heterocycles. The van der Waals surface area contributed by atoms with Crippen LogP contribution in [0.2, 0.25) is 0 Å². The second-order valence-corrected chi connectivity index (χ2v) is 5.52. The van der Waals surface area contributed by atoms with Crippen molar-refractivity contribution in [2.24, 2.45) is 0 Å². The third-order valence-electron chi connectivity index (χ3n) is 0.604. The van der Waals surface area contributed by atoms with Gasteiger partial charge in [0, 0.05) is 0 Å². The van der Waals surface area contributed by atoms with E-state index in [0.29, 0.717) is 0 Å². The first-order valence-corrected chi connectivity index (χ1v) is 9.81. The van der Waals surface area contributed by atoms with Gasteiger partial charge >= 0.3 is 36.7 Å². The standard InChI is InChI=1S/C4H11N.2ClH.Sn/c1-2-3-4-5;;;/h2-5H2,1H3;2*1H;/q;;;+2/p-1. The summed E-state index contributed by atoms with van der Waals surface area (Å²) in [5, 5.41) is 0. The third-order valence-corrected chi connectivity index (χ3v) is 0.604. The molecule has 50 valence electrons. The molecule has 0 aromatic carbocycles. The van der Waals surface area contributed by atoms with Gasteiger partial charge in [0.15, 0.2) is 0 Å². The molecule has 0 fully saturated rings. The van der Waals surface area contributed by atoms with E-state index >= 15 is 0 Å². The molecule has 0 aromatic rings. The van der Waals surface area contributed by atoms with Crippen LogP contribution in [-0.2, 0) is 0 Å².